The first kappa shape index (κ1) is 28.7. The molecule has 0 aliphatic carbocycles. The zero-order valence-electron chi connectivity index (χ0n) is 22.5. The molecule has 1 aliphatic rings. The summed E-state index contributed by atoms with van der Waals surface area (Å²) in [4.78, 5) is 39.5. The average Bonchev–Trinajstić information content (AvgIpc) is 3.59. The van der Waals surface area contributed by atoms with Crippen LogP contribution in [0.3, 0.4) is 0 Å². The molecular weight excluding hydrogens is 556 g/mol. The van der Waals surface area contributed by atoms with Crippen LogP contribution in [0.1, 0.15) is 46.7 Å². The zero-order valence-corrected chi connectivity index (χ0v) is 22.5. The highest BCUT2D eigenvalue weighted by atomic mass is 19.4. The van der Waals surface area contributed by atoms with Crippen LogP contribution in [0.25, 0.3) is 16.8 Å². The summed E-state index contributed by atoms with van der Waals surface area (Å²) >= 11 is 0. The molecule has 9 nitrogen and oxygen atoms in total. The lowest BCUT2D eigenvalue weighted by Gasteiger charge is -2.14. The van der Waals surface area contributed by atoms with E-state index < -0.39 is 23.5 Å². The first-order chi connectivity index (χ1) is 20.1. The Morgan fingerprint density at radius 2 is 2.00 bits per heavy atom. The summed E-state index contributed by atoms with van der Waals surface area (Å²) in [5.41, 5.74) is 0.434. The molecule has 5 rings (SSSR count). The van der Waals surface area contributed by atoms with Gasteiger partial charge in [0.25, 0.3) is 11.8 Å². The van der Waals surface area contributed by atoms with Gasteiger partial charge in [0.2, 0.25) is 0 Å². The normalized spacial score (nSPS) is 15.0. The number of imidazole rings is 1. The molecule has 0 radical (unpaired) electrons. The fourth-order valence-corrected chi connectivity index (χ4v) is 4.90. The molecule has 4 aromatic rings. The van der Waals surface area contributed by atoms with E-state index in [0.717, 1.165) is 18.3 Å². The van der Waals surface area contributed by atoms with E-state index in [-0.39, 0.29) is 41.1 Å². The second-order valence-corrected chi connectivity index (χ2v) is 9.56. The summed E-state index contributed by atoms with van der Waals surface area (Å²) in [6, 6.07) is 5.17. The monoisotopic (exact) mass is 580 g/mol. The number of nitrogens with one attached hydrogen (secondary N) is 1. The maximum absolute atomic E-state index is 15.6. The second kappa shape index (κ2) is 11.6. The highest BCUT2D eigenvalue weighted by Crippen LogP contribution is 2.35. The van der Waals surface area contributed by atoms with Crippen LogP contribution in [-0.4, -0.2) is 56.3 Å². The number of methoxy groups -OCH3 is 1. The van der Waals surface area contributed by atoms with Crippen LogP contribution in [0.5, 0.6) is 0 Å². The van der Waals surface area contributed by atoms with Gasteiger partial charge in [0.15, 0.2) is 0 Å². The lowest BCUT2D eigenvalue weighted by molar-refractivity contribution is -0.137. The molecule has 1 aromatic carbocycles. The topological polar surface area (TPSA) is 102 Å². The van der Waals surface area contributed by atoms with Crippen LogP contribution < -0.4 is 5.32 Å². The molecule has 2 amide bonds. The van der Waals surface area contributed by atoms with Crippen molar-refractivity contribution in [3.05, 3.63) is 77.4 Å². The van der Waals surface area contributed by atoms with Gasteiger partial charge in [0.1, 0.15) is 23.2 Å². The maximum Gasteiger partial charge on any atom is 0.416 e. The van der Waals surface area contributed by atoms with Gasteiger partial charge in [-0.25, -0.2) is 14.4 Å². The molecule has 1 N–H and O–H groups in total. The number of alkyl halides is 3. The van der Waals surface area contributed by atoms with Crippen molar-refractivity contribution < 1.29 is 31.9 Å². The number of hydrogen-bond donors (Lipinski definition) is 1. The minimum atomic E-state index is -4.61. The number of anilines is 1. The highest BCUT2D eigenvalue weighted by molar-refractivity contribution is 6.04. The number of benzene rings is 1. The van der Waals surface area contributed by atoms with Crippen molar-refractivity contribution in [2.24, 2.45) is 0 Å². The number of rotatable bonds is 6. The van der Waals surface area contributed by atoms with Gasteiger partial charge in [0, 0.05) is 49.6 Å². The van der Waals surface area contributed by atoms with E-state index >= 15 is 4.39 Å². The van der Waals surface area contributed by atoms with Gasteiger partial charge in [0.05, 0.1) is 29.6 Å². The molecule has 0 saturated carbocycles. The van der Waals surface area contributed by atoms with E-state index in [1.165, 1.54) is 19.2 Å². The van der Waals surface area contributed by atoms with Gasteiger partial charge in [-0.3, -0.25) is 19.0 Å². The minimum absolute atomic E-state index is 0.0895. The summed E-state index contributed by atoms with van der Waals surface area (Å²) in [6.07, 6.45) is 0.0975. The van der Waals surface area contributed by atoms with Gasteiger partial charge < -0.3 is 15.0 Å². The highest BCUT2D eigenvalue weighted by Gasteiger charge is 2.32. The molecule has 1 saturated heterocycles. The number of hydrogen-bond acceptors (Lipinski definition) is 6. The van der Waals surface area contributed by atoms with Crippen LogP contribution in [0, 0.1) is 17.7 Å². The average molecular weight is 581 g/mol. The van der Waals surface area contributed by atoms with Gasteiger partial charge in [-0.05, 0) is 49.6 Å². The number of halogens is 4. The third-order valence-electron chi connectivity index (χ3n) is 6.83. The zero-order chi connectivity index (χ0) is 30.0. The number of amides is 2. The van der Waals surface area contributed by atoms with Crippen LogP contribution in [0.15, 0.2) is 48.9 Å². The first-order valence-corrected chi connectivity index (χ1v) is 12.8. The Morgan fingerprint density at radius 1 is 1.19 bits per heavy atom. The minimum Gasteiger partial charge on any atom is -0.378 e. The summed E-state index contributed by atoms with van der Waals surface area (Å²) in [5, 5.41) is 2.27. The van der Waals surface area contributed by atoms with E-state index in [2.05, 4.69) is 27.1 Å². The third-order valence-corrected chi connectivity index (χ3v) is 6.83. The molecule has 13 heteroatoms. The molecule has 42 heavy (non-hydrogen) atoms. The quantitative estimate of drug-likeness (QED) is 0.263. The fourth-order valence-electron chi connectivity index (χ4n) is 4.90. The summed E-state index contributed by atoms with van der Waals surface area (Å²) in [7, 11) is 1.54. The smallest absolute Gasteiger partial charge is 0.378 e. The van der Waals surface area contributed by atoms with Crippen LogP contribution in [-0.2, 0) is 22.3 Å². The van der Waals surface area contributed by atoms with Crippen molar-refractivity contribution in [1.82, 2.24) is 24.3 Å². The molecule has 0 unspecified atom stereocenters. The Hall–Kier alpha value is -4.83. The number of likely N-dealkylation sites (tertiary alicyclic amines) is 1. The molecule has 1 atom stereocenters. The molecule has 1 aliphatic heterocycles. The maximum atomic E-state index is 15.6. The molecule has 4 heterocycles. The summed E-state index contributed by atoms with van der Waals surface area (Å²) < 4.78 is 61.8. The Morgan fingerprint density at radius 3 is 2.71 bits per heavy atom. The van der Waals surface area contributed by atoms with Crippen molar-refractivity contribution in [3.63, 3.8) is 0 Å². The Kier molecular flexibility index (Phi) is 7.91. The fraction of sp³-hybridized carbons (Fsp3) is 0.276. The Labute approximate surface area is 237 Å². The Balaban J connectivity index is 1.49. The van der Waals surface area contributed by atoms with E-state index in [9.17, 15) is 22.8 Å². The van der Waals surface area contributed by atoms with E-state index in [1.807, 2.05) is 4.40 Å². The lowest BCUT2D eigenvalue weighted by Crippen LogP contribution is -2.27. The van der Waals surface area contributed by atoms with Crippen molar-refractivity contribution >= 4 is 23.1 Å². The molecule has 0 bridgehead atoms. The molecular formula is C29H24F4N6O3. The van der Waals surface area contributed by atoms with Gasteiger partial charge in [-0.1, -0.05) is 5.92 Å². The number of fused-ring (bicyclic) bond motifs is 1. The van der Waals surface area contributed by atoms with Crippen LogP contribution in [0.4, 0.5) is 23.4 Å². The Bertz CT molecular complexity index is 1740. The third kappa shape index (κ3) is 5.66. The summed E-state index contributed by atoms with van der Waals surface area (Å²) in [5.74, 6) is 3.39. The predicted molar refractivity (Wildman–Crippen MR) is 144 cm³/mol. The van der Waals surface area contributed by atoms with Gasteiger partial charge in [-0.15, -0.1) is 0 Å². The second-order valence-electron chi connectivity index (χ2n) is 9.56. The van der Waals surface area contributed by atoms with E-state index in [0.29, 0.717) is 42.6 Å². The number of carbonyl (C=O) groups excluding carboxylic acids is 2. The largest absolute Gasteiger partial charge is 0.416 e. The number of ether oxygens (including phenoxy) is 1. The summed E-state index contributed by atoms with van der Waals surface area (Å²) in [6.45, 7) is 2.67. The lowest BCUT2D eigenvalue weighted by atomic mass is 10.1. The van der Waals surface area contributed by atoms with Crippen LogP contribution >= 0.6 is 0 Å². The first-order valence-electron chi connectivity index (χ1n) is 12.8. The predicted octanol–water partition coefficient (Wildman–Crippen LogP) is 4.69. The number of nitrogens with zero attached hydrogens (tertiary/aromatic N) is 5. The standard InChI is InChI=1S/C29H24F4N6O3/c1-3-4-25(40)38-10-8-18(15-38)27-37-26(23-14-34-13-20(16-42-2)39(23)27)21-6-5-17(11-22(21)30)28(41)36-24-12-19(7-9-35-24)29(31,32)33/h5-7,9,11-14,18H,8,10,15-16H2,1-2H3,(H,35,36,41)/t18-/m1/s1. The number of carbonyl (C=O) groups is 2. The van der Waals surface area contributed by atoms with Crippen molar-refractivity contribution in [3.8, 4) is 23.1 Å². The number of pyridine rings is 1. The van der Waals surface area contributed by atoms with Crippen molar-refractivity contribution in [1.29, 1.82) is 0 Å². The molecule has 1 fully saturated rings. The molecule has 216 valence electrons. The SMILES string of the molecule is CC#CC(=O)N1CC[C@@H](c2nc(-c3ccc(C(=O)Nc4cc(C(F)(F)F)ccn4)cc3F)c3cncc(COC)n23)C1. The van der Waals surface area contributed by atoms with E-state index in [1.54, 1.807) is 24.2 Å². The molecule has 0 spiro atoms. The van der Waals surface area contributed by atoms with Crippen molar-refractivity contribution in [2.75, 3.05) is 25.5 Å². The molecule has 3 aromatic heterocycles. The van der Waals surface area contributed by atoms with E-state index in [4.69, 9.17) is 9.72 Å². The van der Waals surface area contributed by atoms with Crippen molar-refractivity contribution in [2.45, 2.75) is 32.0 Å². The van der Waals surface area contributed by atoms with Gasteiger partial charge in [-0.2, -0.15) is 13.2 Å². The number of aromatic nitrogens is 4. The van der Waals surface area contributed by atoms with Crippen LogP contribution in [0.2, 0.25) is 0 Å². The van der Waals surface area contributed by atoms with Gasteiger partial charge >= 0.3 is 6.18 Å².